The van der Waals surface area contributed by atoms with E-state index in [0.717, 1.165) is 17.8 Å². The standard InChI is InChI=1S/C27H25N3O2S/c1-18(2)19-11-13-21(14-12-19)30-26(32)22-8-4-5-9-23(22)28-27(30)33-17-25(31)29-16-15-20-7-3-6-10-24(20)29/h3-14,18H,15-17H2,1-2H3. The molecule has 0 saturated carbocycles. The summed E-state index contributed by atoms with van der Waals surface area (Å²) in [5, 5.41) is 1.09. The summed E-state index contributed by atoms with van der Waals surface area (Å²) in [6.07, 6.45) is 0.869. The lowest BCUT2D eigenvalue weighted by Crippen LogP contribution is -2.31. The van der Waals surface area contributed by atoms with Gasteiger partial charge in [-0.15, -0.1) is 0 Å². The normalized spacial score (nSPS) is 13.0. The summed E-state index contributed by atoms with van der Waals surface area (Å²) in [7, 11) is 0. The van der Waals surface area contributed by atoms with Gasteiger partial charge in [0.2, 0.25) is 5.91 Å². The fraction of sp³-hybridized carbons (Fsp3) is 0.222. The fourth-order valence-electron chi connectivity index (χ4n) is 4.25. The number of nitrogens with zero attached hydrogens (tertiary/aromatic N) is 3. The second-order valence-electron chi connectivity index (χ2n) is 8.51. The monoisotopic (exact) mass is 455 g/mol. The van der Waals surface area contributed by atoms with Crippen molar-refractivity contribution >= 4 is 34.3 Å². The number of carbonyl (C=O) groups is 1. The van der Waals surface area contributed by atoms with Crippen LogP contribution in [0.15, 0.2) is 82.7 Å². The third-order valence-electron chi connectivity index (χ3n) is 6.08. The molecule has 6 heteroatoms. The van der Waals surface area contributed by atoms with Crippen LogP contribution < -0.4 is 10.5 Å². The Morgan fingerprint density at radius 3 is 2.52 bits per heavy atom. The molecule has 1 aliphatic rings. The number of rotatable bonds is 5. The Hall–Kier alpha value is -3.38. The summed E-state index contributed by atoms with van der Waals surface area (Å²) in [6.45, 7) is 4.97. The van der Waals surface area contributed by atoms with Gasteiger partial charge in [0.05, 0.1) is 22.3 Å². The van der Waals surface area contributed by atoms with Gasteiger partial charge in [0.15, 0.2) is 5.16 Å². The molecule has 4 aromatic rings. The van der Waals surface area contributed by atoms with Crippen molar-refractivity contribution in [3.8, 4) is 5.69 Å². The van der Waals surface area contributed by atoms with Gasteiger partial charge in [-0.25, -0.2) is 4.98 Å². The number of hydrogen-bond donors (Lipinski definition) is 0. The molecule has 3 aromatic carbocycles. The van der Waals surface area contributed by atoms with Crippen LogP contribution in [0.3, 0.4) is 0 Å². The molecule has 0 aliphatic carbocycles. The number of amides is 1. The van der Waals surface area contributed by atoms with Crippen LogP contribution in [0.4, 0.5) is 5.69 Å². The molecule has 5 nitrogen and oxygen atoms in total. The van der Waals surface area contributed by atoms with E-state index in [9.17, 15) is 9.59 Å². The summed E-state index contributed by atoms with van der Waals surface area (Å²) in [4.78, 5) is 33.1. The van der Waals surface area contributed by atoms with Crippen molar-refractivity contribution in [1.82, 2.24) is 9.55 Å². The molecule has 0 bridgehead atoms. The molecule has 0 atom stereocenters. The number of hydrogen-bond acceptors (Lipinski definition) is 4. The van der Waals surface area contributed by atoms with Gasteiger partial charge < -0.3 is 4.90 Å². The average Bonchev–Trinajstić information content (AvgIpc) is 3.27. The highest BCUT2D eigenvalue weighted by molar-refractivity contribution is 7.99. The van der Waals surface area contributed by atoms with Gasteiger partial charge in [-0.1, -0.05) is 68.1 Å². The second kappa shape index (κ2) is 8.87. The highest BCUT2D eigenvalue weighted by atomic mass is 32.2. The van der Waals surface area contributed by atoms with E-state index < -0.39 is 0 Å². The van der Waals surface area contributed by atoms with E-state index in [-0.39, 0.29) is 17.2 Å². The minimum atomic E-state index is -0.126. The van der Waals surface area contributed by atoms with Crippen molar-refractivity contribution in [3.63, 3.8) is 0 Å². The summed E-state index contributed by atoms with van der Waals surface area (Å²) in [5.74, 6) is 0.637. The quantitative estimate of drug-likeness (QED) is 0.307. The second-order valence-corrected chi connectivity index (χ2v) is 9.45. The van der Waals surface area contributed by atoms with Crippen molar-refractivity contribution in [2.45, 2.75) is 31.3 Å². The van der Waals surface area contributed by atoms with Gasteiger partial charge >= 0.3 is 0 Å². The van der Waals surface area contributed by atoms with E-state index in [2.05, 4.69) is 19.9 Å². The third-order valence-corrected chi connectivity index (χ3v) is 7.00. The minimum Gasteiger partial charge on any atom is -0.311 e. The molecule has 0 spiro atoms. The van der Waals surface area contributed by atoms with Crippen molar-refractivity contribution in [2.24, 2.45) is 0 Å². The lowest BCUT2D eigenvalue weighted by molar-refractivity contribution is -0.116. The van der Waals surface area contributed by atoms with Crippen LogP contribution in [0.25, 0.3) is 16.6 Å². The highest BCUT2D eigenvalue weighted by Gasteiger charge is 2.25. The summed E-state index contributed by atoms with van der Waals surface area (Å²) < 4.78 is 1.63. The lowest BCUT2D eigenvalue weighted by atomic mass is 10.0. The van der Waals surface area contributed by atoms with Gasteiger partial charge in [-0.3, -0.25) is 14.2 Å². The van der Waals surface area contributed by atoms with E-state index in [4.69, 9.17) is 4.98 Å². The largest absolute Gasteiger partial charge is 0.311 e. The van der Waals surface area contributed by atoms with Crippen molar-refractivity contribution < 1.29 is 4.79 Å². The summed E-state index contributed by atoms with van der Waals surface area (Å²) in [5.41, 5.74) is 4.65. The van der Waals surface area contributed by atoms with Gasteiger partial charge in [-0.05, 0) is 53.8 Å². The van der Waals surface area contributed by atoms with Crippen LogP contribution in [0, 0.1) is 0 Å². The molecule has 0 fully saturated rings. The zero-order valence-electron chi connectivity index (χ0n) is 18.7. The lowest BCUT2D eigenvalue weighted by Gasteiger charge is -2.18. The van der Waals surface area contributed by atoms with Crippen LogP contribution in [0.2, 0.25) is 0 Å². The number of para-hydroxylation sites is 2. The fourth-order valence-corrected chi connectivity index (χ4v) is 5.14. The molecule has 2 heterocycles. The van der Waals surface area contributed by atoms with Crippen molar-refractivity contribution in [3.05, 3.63) is 94.3 Å². The topological polar surface area (TPSA) is 55.2 Å². The molecule has 1 aliphatic heterocycles. The first-order valence-electron chi connectivity index (χ1n) is 11.2. The van der Waals surface area contributed by atoms with Crippen molar-refractivity contribution in [2.75, 3.05) is 17.2 Å². The minimum absolute atomic E-state index is 0.0223. The Labute approximate surface area is 197 Å². The van der Waals surface area contributed by atoms with Crippen LogP contribution >= 0.6 is 11.8 Å². The van der Waals surface area contributed by atoms with Crippen LogP contribution in [0.5, 0.6) is 0 Å². The number of anilines is 1. The summed E-state index contributed by atoms with van der Waals surface area (Å²) in [6, 6.07) is 23.4. The molecule has 1 amide bonds. The zero-order valence-corrected chi connectivity index (χ0v) is 19.5. The van der Waals surface area contributed by atoms with Gasteiger partial charge in [0.25, 0.3) is 5.56 Å². The average molecular weight is 456 g/mol. The predicted octanol–water partition coefficient (Wildman–Crippen LogP) is 5.19. The van der Waals surface area contributed by atoms with Crippen LogP contribution in [0.1, 0.15) is 30.9 Å². The van der Waals surface area contributed by atoms with Crippen LogP contribution in [-0.4, -0.2) is 27.8 Å². The molecule has 0 unspecified atom stereocenters. The molecule has 0 saturated heterocycles. The SMILES string of the molecule is CC(C)c1ccc(-n2c(SCC(=O)N3CCc4ccccc43)nc3ccccc3c2=O)cc1. The Kier molecular flexibility index (Phi) is 5.77. The molecule has 166 valence electrons. The number of benzene rings is 3. The zero-order chi connectivity index (χ0) is 22.9. The smallest absolute Gasteiger partial charge is 0.266 e. The number of fused-ring (bicyclic) bond motifs is 2. The molecule has 33 heavy (non-hydrogen) atoms. The van der Waals surface area contributed by atoms with E-state index in [1.54, 1.807) is 10.6 Å². The summed E-state index contributed by atoms with van der Waals surface area (Å²) >= 11 is 1.31. The van der Waals surface area contributed by atoms with Gasteiger partial charge in [0.1, 0.15) is 0 Å². The van der Waals surface area contributed by atoms with Gasteiger partial charge in [-0.2, -0.15) is 0 Å². The maximum atomic E-state index is 13.4. The maximum Gasteiger partial charge on any atom is 0.266 e. The first-order valence-corrected chi connectivity index (χ1v) is 12.1. The first-order chi connectivity index (χ1) is 16.0. The number of aromatic nitrogens is 2. The maximum absolute atomic E-state index is 13.4. The van der Waals surface area contributed by atoms with E-state index in [1.807, 2.05) is 65.6 Å². The molecular formula is C27H25N3O2S. The van der Waals surface area contributed by atoms with Crippen molar-refractivity contribution in [1.29, 1.82) is 0 Å². The molecule has 0 N–H and O–H groups in total. The number of thioether (sulfide) groups is 1. The molecule has 5 rings (SSSR count). The predicted molar refractivity (Wildman–Crippen MR) is 135 cm³/mol. The molecule has 1 aromatic heterocycles. The molecule has 0 radical (unpaired) electrons. The van der Waals surface area contributed by atoms with E-state index in [1.165, 1.54) is 22.9 Å². The first kappa shape index (κ1) is 21.5. The number of carbonyl (C=O) groups excluding carboxylic acids is 1. The Balaban J connectivity index is 1.50. The third kappa shape index (κ3) is 4.07. The van der Waals surface area contributed by atoms with E-state index >= 15 is 0 Å². The molecular weight excluding hydrogens is 430 g/mol. The Bertz CT molecular complexity index is 1390. The highest BCUT2D eigenvalue weighted by Crippen LogP contribution is 2.29. The Morgan fingerprint density at radius 1 is 1.00 bits per heavy atom. The van der Waals surface area contributed by atoms with E-state index in [0.29, 0.717) is 28.5 Å². The Morgan fingerprint density at radius 2 is 1.73 bits per heavy atom. The van der Waals surface area contributed by atoms with Crippen LogP contribution in [-0.2, 0) is 11.2 Å². The van der Waals surface area contributed by atoms with Gasteiger partial charge in [0, 0.05) is 12.2 Å².